The van der Waals surface area contributed by atoms with E-state index in [4.69, 9.17) is 0 Å². The molecule has 1 saturated carbocycles. The van der Waals surface area contributed by atoms with E-state index in [2.05, 4.69) is 33.0 Å². The number of hydrogen-bond donors (Lipinski definition) is 1. The maximum absolute atomic E-state index is 3.83. The molecule has 1 aliphatic carbocycles. The molecule has 0 aromatic rings. The van der Waals surface area contributed by atoms with Crippen molar-refractivity contribution in [3.8, 4) is 0 Å². The molecule has 4 atom stereocenters. The first kappa shape index (κ1) is 17.0. The second kappa shape index (κ2) is 9.80. The van der Waals surface area contributed by atoms with Crippen LogP contribution in [-0.2, 0) is 0 Å². The Morgan fingerprint density at radius 1 is 1.05 bits per heavy atom. The van der Waals surface area contributed by atoms with Gasteiger partial charge >= 0.3 is 0 Å². The van der Waals surface area contributed by atoms with E-state index in [1.807, 2.05) is 0 Å². The molecule has 0 aliphatic heterocycles. The van der Waals surface area contributed by atoms with E-state index in [-0.39, 0.29) is 0 Å². The minimum absolute atomic E-state index is 0.812. The highest BCUT2D eigenvalue weighted by atomic mass is 14.9. The zero-order chi connectivity index (χ0) is 14.1. The van der Waals surface area contributed by atoms with Gasteiger partial charge in [-0.2, -0.15) is 0 Å². The van der Waals surface area contributed by atoms with Crippen molar-refractivity contribution in [1.29, 1.82) is 0 Å². The van der Waals surface area contributed by atoms with Gasteiger partial charge in [0.2, 0.25) is 0 Å². The molecule has 19 heavy (non-hydrogen) atoms. The summed E-state index contributed by atoms with van der Waals surface area (Å²) in [4.78, 5) is 0. The van der Waals surface area contributed by atoms with Crippen molar-refractivity contribution in [1.82, 2.24) is 5.32 Å². The standard InChI is InChI=1S/C18H37N/c1-5-8-15(4)13-17-14-16(9-6-2)10-11-18(17)19-12-7-3/h15-19H,5-14H2,1-4H3. The molecule has 0 amide bonds. The normalized spacial score (nSPS) is 29.4. The van der Waals surface area contributed by atoms with Gasteiger partial charge in [0.05, 0.1) is 0 Å². The van der Waals surface area contributed by atoms with Crippen LogP contribution in [0.2, 0.25) is 0 Å². The largest absolute Gasteiger partial charge is 0.314 e. The lowest BCUT2D eigenvalue weighted by Crippen LogP contribution is -2.41. The first-order valence-corrected chi connectivity index (χ1v) is 8.94. The summed E-state index contributed by atoms with van der Waals surface area (Å²) in [6.07, 6.45) is 12.7. The summed E-state index contributed by atoms with van der Waals surface area (Å²) in [5.74, 6) is 2.88. The van der Waals surface area contributed by atoms with Crippen molar-refractivity contribution in [2.24, 2.45) is 17.8 Å². The lowest BCUT2D eigenvalue weighted by molar-refractivity contribution is 0.167. The predicted octanol–water partition coefficient (Wildman–Crippen LogP) is 5.40. The van der Waals surface area contributed by atoms with Crippen molar-refractivity contribution < 1.29 is 0 Å². The molecule has 0 spiro atoms. The molecule has 1 rings (SSSR count). The molecule has 0 bridgehead atoms. The Kier molecular flexibility index (Phi) is 8.77. The van der Waals surface area contributed by atoms with Crippen molar-refractivity contribution >= 4 is 0 Å². The average molecular weight is 268 g/mol. The van der Waals surface area contributed by atoms with E-state index >= 15 is 0 Å². The summed E-state index contributed by atoms with van der Waals surface area (Å²) >= 11 is 0. The molecular formula is C18H37N. The fourth-order valence-electron chi connectivity index (χ4n) is 4.02. The Morgan fingerprint density at radius 3 is 2.47 bits per heavy atom. The van der Waals surface area contributed by atoms with Crippen molar-refractivity contribution in [3.05, 3.63) is 0 Å². The molecule has 114 valence electrons. The van der Waals surface area contributed by atoms with Gasteiger partial charge in [-0.05, 0) is 56.4 Å². The molecule has 4 unspecified atom stereocenters. The molecule has 1 heteroatoms. The first-order valence-electron chi connectivity index (χ1n) is 8.94. The second-order valence-electron chi connectivity index (χ2n) is 6.92. The minimum Gasteiger partial charge on any atom is -0.314 e. The van der Waals surface area contributed by atoms with Gasteiger partial charge in [-0.25, -0.2) is 0 Å². The fourth-order valence-corrected chi connectivity index (χ4v) is 4.02. The molecule has 0 radical (unpaired) electrons. The van der Waals surface area contributed by atoms with E-state index in [9.17, 15) is 0 Å². The third-order valence-electron chi connectivity index (χ3n) is 4.93. The molecule has 1 nitrogen and oxygen atoms in total. The highest BCUT2D eigenvalue weighted by molar-refractivity contribution is 4.85. The second-order valence-corrected chi connectivity index (χ2v) is 6.92. The maximum Gasteiger partial charge on any atom is 0.00956 e. The summed E-state index contributed by atoms with van der Waals surface area (Å²) < 4.78 is 0. The number of rotatable bonds is 9. The molecule has 0 aromatic heterocycles. The van der Waals surface area contributed by atoms with Gasteiger partial charge in [0, 0.05) is 6.04 Å². The Bertz CT molecular complexity index is 212. The van der Waals surface area contributed by atoms with Gasteiger partial charge in [0.25, 0.3) is 0 Å². The average Bonchev–Trinajstić information content (AvgIpc) is 2.38. The highest BCUT2D eigenvalue weighted by Crippen LogP contribution is 2.36. The Labute approximate surface area is 121 Å². The first-order chi connectivity index (χ1) is 9.21. The zero-order valence-electron chi connectivity index (χ0n) is 13.9. The molecule has 0 heterocycles. The molecular weight excluding hydrogens is 230 g/mol. The quantitative estimate of drug-likeness (QED) is 0.590. The van der Waals surface area contributed by atoms with E-state index in [0.29, 0.717) is 0 Å². The lowest BCUT2D eigenvalue weighted by Gasteiger charge is -2.38. The van der Waals surface area contributed by atoms with Gasteiger partial charge < -0.3 is 5.32 Å². The lowest BCUT2D eigenvalue weighted by atomic mass is 9.72. The van der Waals surface area contributed by atoms with Crippen LogP contribution < -0.4 is 5.32 Å². The summed E-state index contributed by atoms with van der Waals surface area (Å²) in [6.45, 7) is 10.6. The summed E-state index contributed by atoms with van der Waals surface area (Å²) in [5, 5.41) is 3.83. The smallest absolute Gasteiger partial charge is 0.00956 e. The van der Waals surface area contributed by atoms with Crippen LogP contribution in [0.25, 0.3) is 0 Å². The van der Waals surface area contributed by atoms with Crippen LogP contribution in [0.1, 0.15) is 85.5 Å². The molecule has 1 fully saturated rings. The summed E-state index contributed by atoms with van der Waals surface area (Å²) in [6, 6.07) is 0.812. The summed E-state index contributed by atoms with van der Waals surface area (Å²) in [7, 11) is 0. The maximum atomic E-state index is 3.83. The number of nitrogens with one attached hydrogen (secondary N) is 1. The van der Waals surface area contributed by atoms with Crippen molar-refractivity contribution in [3.63, 3.8) is 0 Å². The van der Waals surface area contributed by atoms with E-state index < -0.39 is 0 Å². The molecule has 1 N–H and O–H groups in total. The van der Waals surface area contributed by atoms with Crippen molar-refractivity contribution in [2.75, 3.05) is 6.54 Å². The van der Waals surface area contributed by atoms with Crippen LogP contribution in [0, 0.1) is 17.8 Å². The van der Waals surface area contributed by atoms with Crippen LogP contribution in [-0.4, -0.2) is 12.6 Å². The van der Waals surface area contributed by atoms with Gasteiger partial charge in [-0.1, -0.05) is 53.4 Å². The topological polar surface area (TPSA) is 12.0 Å². The van der Waals surface area contributed by atoms with Gasteiger partial charge in [0.15, 0.2) is 0 Å². The Hall–Kier alpha value is -0.0400. The third kappa shape index (κ3) is 6.29. The Balaban J connectivity index is 2.49. The predicted molar refractivity (Wildman–Crippen MR) is 86.5 cm³/mol. The fraction of sp³-hybridized carbons (Fsp3) is 1.00. The van der Waals surface area contributed by atoms with E-state index in [1.165, 1.54) is 64.3 Å². The van der Waals surface area contributed by atoms with Crippen LogP contribution in [0.4, 0.5) is 0 Å². The number of hydrogen-bond acceptors (Lipinski definition) is 1. The molecule has 1 aliphatic rings. The van der Waals surface area contributed by atoms with Crippen LogP contribution in [0.5, 0.6) is 0 Å². The van der Waals surface area contributed by atoms with Crippen molar-refractivity contribution in [2.45, 2.75) is 91.5 Å². The van der Waals surface area contributed by atoms with Gasteiger partial charge in [-0.3, -0.25) is 0 Å². The van der Waals surface area contributed by atoms with E-state index in [1.54, 1.807) is 0 Å². The highest BCUT2D eigenvalue weighted by Gasteiger charge is 2.30. The van der Waals surface area contributed by atoms with Gasteiger partial charge in [0.1, 0.15) is 0 Å². The zero-order valence-corrected chi connectivity index (χ0v) is 13.9. The SMILES string of the molecule is CCCNC1CCC(CCC)CC1CC(C)CCC. The van der Waals surface area contributed by atoms with Crippen LogP contribution in [0.3, 0.4) is 0 Å². The molecule has 0 aromatic carbocycles. The van der Waals surface area contributed by atoms with E-state index in [0.717, 1.165) is 23.8 Å². The minimum atomic E-state index is 0.812. The third-order valence-corrected chi connectivity index (χ3v) is 4.93. The Morgan fingerprint density at radius 2 is 1.84 bits per heavy atom. The summed E-state index contributed by atoms with van der Waals surface area (Å²) in [5.41, 5.74) is 0. The van der Waals surface area contributed by atoms with Gasteiger partial charge in [-0.15, -0.1) is 0 Å². The monoisotopic (exact) mass is 267 g/mol. The molecule has 0 saturated heterocycles. The van der Waals surface area contributed by atoms with Crippen LogP contribution >= 0.6 is 0 Å². The van der Waals surface area contributed by atoms with Crippen LogP contribution in [0.15, 0.2) is 0 Å².